The fourth-order valence-corrected chi connectivity index (χ4v) is 1.45. The van der Waals surface area contributed by atoms with E-state index >= 15 is 0 Å². The lowest BCUT2D eigenvalue weighted by Gasteiger charge is -2.31. The van der Waals surface area contributed by atoms with E-state index in [0.29, 0.717) is 0 Å². The highest BCUT2D eigenvalue weighted by molar-refractivity contribution is 5.80. The number of hydrogen-bond donors (Lipinski definition) is 2. The van der Waals surface area contributed by atoms with Gasteiger partial charge in [-0.15, -0.1) is 0 Å². The maximum absolute atomic E-state index is 11.1. The summed E-state index contributed by atoms with van der Waals surface area (Å²) in [7, 11) is 0. The van der Waals surface area contributed by atoms with Crippen LogP contribution in [-0.4, -0.2) is 28.3 Å². The van der Waals surface area contributed by atoms with Gasteiger partial charge in [0, 0.05) is 0 Å². The predicted octanol–water partition coefficient (Wildman–Crippen LogP) is 0.736. The number of carbonyl (C=O) groups excluding carboxylic acids is 1. The minimum absolute atomic E-state index is 0.0689. The molecule has 0 aliphatic rings. The average molecular weight is 213 g/mol. The molecule has 0 aromatic rings. The highest BCUT2D eigenvalue weighted by Gasteiger charge is 2.33. The zero-order chi connectivity index (χ0) is 12.2. The molecule has 5 nitrogen and oxygen atoms in total. The van der Waals surface area contributed by atoms with E-state index in [1.165, 1.54) is 0 Å². The van der Waals surface area contributed by atoms with Crippen LogP contribution in [-0.2, 0) is 4.79 Å². The number of nitriles is 1. The molecule has 0 heterocycles. The molecule has 0 aliphatic carbocycles. The van der Waals surface area contributed by atoms with E-state index in [4.69, 9.17) is 11.0 Å². The molecule has 0 rings (SSSR count). The second-order valence-corrected chi connectivity index (χ2v) is 4.29. The van der Waals surface area contributed by atoms with Crippen LogP contribution in [0.4, 0.5) is 0 Å². The molecule has 0 bridgehead atoms. The van der Waals surface area contributed by atoms with Crippen molar-refractivity contribution in [3.8, 4) is 6.07 Å². The summed E-state index contributed by atoms with van der Waals surface area (Å²) in [4.78, 5) is 11.1. The molecule has 0 fully saturated rings. The van der Waals surface area contributed by atoms with Crippen molar-refractivity contribution in [2.75, 3.05) is 0 Å². The van der Waals surface area contributed by atoms with E-state index in [1.54, 1.807) is 27.7 Å². The molecule has 2 atom stereocenters. The third kappa shape index (κ3) is 3.50. The summed E-state index contributed by atoms with van der Waals surface area (Å²) in [5.41, 5.74) is 5.18. The van der Waals surface area contributed by atoms with E-state index in [0.717, 1.165) is 5.06 Å². The smallest absolute Gasteiger partial charge is 0.237 e. The third-order valence-electron chi connectivity index (χ3n) is 2.26. The van der Waals surface area contributed by atoms with Crippen molar-refractivity contribution >= 4 is 5.91 Å². The summed E-state index contributed by atoms with van der Waals surface area (Å²) >= 11 is 0. The Kier molecular flexibility index (Phi) is 5.26. The van der Waals surface area contributed by atoms with Gasteiger partial charge in [0.2, 0.25) is 5.91 Å². The normalized spacial score (nSPS) is 15.4. The van der Waals surface area contributed by atoms with Gasteiger partial charge in [0.15, 0.2) is 0 Å². The molecule has 0 spiro atoms. The zero-order valence-corrected chi connectivity index (χ0v) is 9.64. The van der Waals surface area contributed by atoms with Crippen molar-refractivity contribution in [1.82, 2.24) is 5.06 Å². The third-order valence-corrected chi connectivity index (χ3v) is 2.26. The van der Waals surface area contributed by atoms with E-state index in [2.05, 4.69) is 0 Å². The highest BCUT2D eigenvalue weighted by Crippen LogP contribution is 2.16. The van der Waals surface area contributed by atoms with E-state index in [-0.39, 0.29) is 11.8 Å². The number of primary amides is 1. The topological polar surface area (TPSA) is 90.3 Å². The van der Waals surface area contributed by atoms with Gasteiger partial charge in [-0.2, -0.15) is 10.3 Å². The van der Waals surface area contributed by atoms with Crippen LogP contribution in [0.1, 0.15) is 27.7 Å². The van der Waals surface area contributed by atoms with Crippen LogP contribution in [0.25, 0.3) is 0 Å². The molecule has 5 heteroatoms. The minimum Gasteiger partial charge on any atom is -0.368 e. The lowest BCUT2D eigenvalue weighted by Crippen LogP contribution is -2.51. The Morgan fingerprint density at radius 1 is 1.33 bits per heavy atom. The monoisotopic (exact) mass is 213 g/mol. The maximum atomic E-state index is 11.1. The summed E-state index contributed by atoms with van der Waals surface area (Å²) < 4.78 is 0. The predicted molar refractivity (Wildman–Crippen MR) is 55.7 cm³/mol. The van der Waals surface area contributed by atoms with Crippen molar-refractivity contribution in [2.45, 2.75) is 39.8 Å². The molecule has 0 aromatic carbocycles. The Bertz CT molecular complexity index is 258. The molecular formula is C10H19N3O2. The van der Waals surface area contributed by atoms with Crippen molar-refractivity contribution in [1.29, 1.82) is 5.26 Å². The molecule has 3 N–H and O–H groups in total. The molecule has 15 heavy (non-hydrogen) atoms. The van der Waals surface area contributed by atoms with Gasteiger partial charge < -0.3 is 10.9 Å². The van der Waals surface area contributed by atoms with Gasteiger partial charge in [-0.25, -0.2) is 0 Å². The summed E-state index contributed by atoms with van der Waals surface area (Å²) in [5, 5.41) is 19.4. The second-order valence-electron chi connectivity index (χ2n) is 4.29. The first-order chi connectivity index (χ1) is 6.82. The standard InChI is InChI=1S/C10H19N3O2/c1-6(2)8(5-11)13(15)9(7(3)4)10(12)14/h6-9,15H,1-4H3,(H2,12,14). The molecule has 2 unspecified atom stereocenters. The van der Waals surface area contributed by atoms with Gasteiger partial charge in [-0.1, -0.05) is 27.7 Å². The van der Waals surface area contributed by atoms with Gasteiger partial charge in [0.25, 0.3) is 0 Å². The van der Waals surface area contributed by atoms with Crippen molar-refractivity contribution in [2.24, 2.45) is 17.6 Å². The van der Waals surface area contributed by atoms with Crippen LogP contribution in [0.5, 0.6) is 0 Å². The Morgan fingerprint density at radius 3 is 2.00 bits per heavy atom. The fraction of sp³-hybridized carbons (Fsp3) is 0.800. The molecular weight excluding hydrogens is 194 g/mol. The Labute approximate surface area is 90.4 Å². The number of carbonyl (C=O) groups is 1. The molecule has 0 saturated carbocycles. The number of nitrogens with zero attached hydrogens (tertiary/aromatic N) is 2. The number of amides is 1. The summed E-state index contributed by atoms with van der Waals surface area (Å²) in [5.74, 6) is -0.823. The second kappa shape index (κ2) is 5.69. The lowest BCUT2D eigenvalue weighted by molar-refractivity contribution is -0.174. The van der Waals surface area contributed by atoms with Crippen LogP contribution in [0.2, 0.25) is 0 Å². The Hall–Kier alpha value is -1.12. The van der Waals surface area contributed by atoms with Crippen LogP contribution >= 0.6 is 0 Å². The number of hydrogen-bond acceptors (Lipinski definition) is 4. The average Bonchev–Trinajstić information content (AvgIpc) is 2.02. The number of nitrogens with two attached hydrogens (primary N) is 1. The summed E-state index contributed by atoms with van der Waals surface area (Å²) in [6.07, 6.45) is 0. The fourth-order valence-electron chi connectivity index (χ4n) is 1.45. The number of hydroxylamine groups is 2. The van der Waals surface area contributed by atoms with E-state index in [9.17, 15) is 10.0 Å². The van der Waals surface area contributed by atoms with Crippen molar-refractivity contribution < 1.29 is 10.0 Å². The van der Waals surface area contributed by atoms with Gasteiger partial charge in [0.05, 0.1) is 6.07 Å². The first kappa shape index (κ1) is 13.9. The molecule has 1 amide bonds. The zero-order valence-electron chi connectivity index (χ0n) is 9.64. The van der Waals surface area contributed by atoms with Gasteiger partial charge >= 0.3 is 0 Å². The summed E-state index contributed by atoms with van der Waals surface area (Å²) in [6.45, 7) is 7.14. The maximum Gasteiger partial charge on any atom is 0.237 e. The minimum atomic E-state index is -0.822. The van der Waals surface area contributed by atoms with Crippen LogP contribution in [0.15, 0.2) is 0 Å². The molecule has 0 saturated heterocycles. The van der Waals surface area contributed by atoms with E-state index < -0.39 is 18.0 Å². The van der Waals surface area contributed by atoms with Gasteiger partial charge in [0.1, 0.15) is 12.1 Å². The van der Waals surface area contributed by atoms with Crippen LogP contribution in [0.3, 0.4) is 0 Å². The molecule has 0 radical (unpaired) electrons. The SMILES string of the molecule is CC(C)C(C#N)N(O)C(C(N)=O)C(C)C. The van der Waals surface area contributed by atoms with Gasteiger partial charge in [-0.3, -0.25) is 4.79 Å². The molecule has 0 aliphatic heterocycles. The number of rotatable bonds is 5. The lowest BCUT2D eigenvalue weighted by atomic mass is 9.98. The molecule has 0 aromatic heterocycles. The highest BCUT2D eigenvalue weighted by atomic mass is 16.5. The Balaban J connectivity index is 4.85. The van der Waals surface area contributed by atoms with Crippen LogP contribution in [0, 0.1) is 23.2 Å². The van der Waals surface area contributed by atoms with E-state index in [1.807, 2.05) is 6.07 Å². The van der Waals surface area contributed by atoms with Crippen molar-refractivity contribution in [3.63, 3.8) is 0 Å². The quantitative estimate of drug-likeness (QED) is 0.659. The van der Waals surface area contributed by atoms with Crippen molar-refractivity contribution in [3.05, 3.63) is 0 Å². The molecule has 86 valence electrons. The van der Waals surface area contributed by atoms with Gasteiger partial charge in [-0.05, 0) is 11.8 Å². The Morgan fingerprint density at radius 2 is 1.80 bits per heavy atom. The largest absolute Gasteiger partial charge is 0.368 e. The first-order valence-corrected chi connectivity index (χ1v) is 4.99. The summed E-state index contributed by atoms with van der Waals surface area (Å²) in [6, 6.07) is 0.420. The first-order valence-electron chi connectivity index (χ1n) is 4.99. The van der Waals surface area contributed by atoms with Crippen LogP contribution < -0.4 is 5.73 Å².